The van der Waals surface area contributed by atoms with Gasteiger partial charge in [0, 0.05) is 5.33 Å². The minimum atomic E-state index is -1.53. The molecular formula is C26H37BrSi2. The Hall–Kier alpha value is -0.646. The summed E-state index contributed by atoms with van der Waals surface area (Å²) in [6.07, 6.45) is 8.73. The Kier molecular flexibility index (Phi) is 7.19. The van der Waals surface area contributed by atoms with E-state index in [1.54, 1.807) is 16.4 Å². The fraction of sp³-hybridized carbons (Fsp3) is 0.538. The Balaban J connectivity index is 1.83. The van der Waals surface area contributed by atoms with Crippen LogP contribution in [0.5, 0.6) is 0 Å². The molecule has 0 aromatic heterocycles. The molecule has 0 bridgehead atoms. The number of benzene rings is 2. The lowest BCUT2D eigenvalue weighted by molar-refractivity contribution is 0.517. The lowest BCUT2D eigenvalue weighted by atomic mass is 10.1. The minimum Gasteiger partial charge on any atom is -0.0925 e. The Bertz CT molecular complexity index is 751. The third-order valence-corrected chi connectivity index (χ3v) is 23.8. The maximum Gasteiger partial charge on any atom is 0.0875 e. The van der Waals surface area contributed by atoms with E-state index < -0.39 is 16.1 Å². The van der Waals surface area contributed by atoms with Crippen LogP contribution in [0.3, 0.4) is 0 Å². The first-order valence-electron chi connectivity index (χ1n) is 11.9. The summed E-state index contributed by atoms with van der Waals surface area (Å²) in [5.74, 6) is 0.905. The SMILES string of the molecule is CCC[Si]1(c2ccccc2)CCCCC1[Si]1(c2ccccc2)CCC(CBr)CC1. The highest BCUT2D eigenvalue weighted by Gasteiger charge is 2.55. The number of hydrogen-bond donors (Lipinski definition) is 0. The molecule has 2 aliphatic heterocycles. The van der Waals surface area contributed by atoms with E-state index in [0.717, 1.165) is 11.1 Å². The Morgan fingerprint density at radius 1 is 0.793 bits per heavy atom. The van der Waals surface area contributed by atoms with Crippen LogP contribution in [-0.4, -0.2) is 21.5 Å². The van der Waals surface area contributed by atoms with Gasteiger partial charge in [0.15, 0.2) is 0 Å². The van der Waals surface area contributed by atoms with Crippen molar-refractivity contribution in [3.63, 3.8) is 0 Å². The van der Waals surface area contributed by atoms with E-state index >= 15 is 0 Å². The monoisotopic (exact) mass is 484 g/mol. The van der Waals surface area contributed by atoms with Crippen molar-refractivity contribution < 1.29 is 0 Å². The highest BCUT2D eigenvalue weighted by molar-refractivity contribution is 9.09. The summed E-state index contributed by atoms with van der Waals surface area (Å²) >= 11 is 3.81. The van der Waals surface area contributed by atoms with E-state index in [1.165, 1.54) is 62.0 Å². The third kappa shape index (κ3) is 4.12. The molecule has 4 rings (SSSR count). The second-order valence-electron chi connectivity index (χ2n) is 9.69. The molecule has 2 aromatic carbocycles. The molecule has 2 aromatic rings. The van der Waals surface area contributed by atoms with Crippen LogP contribution in [-0.2, 0) is 0 Å². The first kappa shape index (κ1) is 21.6. The Morgan fingerprint density at radius 2 is 1.41 bits per heavy atom. The first-order chi connectivity index (χ1) is 14.2. The molecule has 0 nitrogen and oxygen atoms in total. The molecule has 3 heteroatoms. The van der Waals surface area contributed by atoms with Gasteiger partial charge < -0.3 is 0 Å². The lowest BCUT2D eigenvalue weighted by Gasteiger charge is -2.54. The van der Waals surface area contributed by atoms with Gasteiger partial charge in [0.1, 0.15) is 0 Å². The summed E-state index contributed by atoms with van der Waals surface area (Å²) in [5, 5.41) is 5.82. The van der Waals surface area contributed by atoms with Gasteiger partial charge in [0.25, 0.3) is 0 Å². The van der Waals surface area contributed by atoms with Crippen LogP contribution in [0.1, 0.15) is 45.4 Å². The zero-order chi connectivity index (χ0) is 20.2. The van der Waals surface area contributed by atoms with Crippen LogP contribution < -0.4 is 10.4 Å². The number of halogens is 1. The molecule has 0 N–H and O–H groups in total. The fourth-order valence-corrected chi connectivity index (χ4v) is 25.3. The minimum absolute atomic E-state index is 0.905. The van der Waals surface area contributed by atoms with Crippen molar-refractivity contribution in [2.24, 2.45) is 5.92 Å². The lowest BCUT2D eigenvalue weighted by Crippen LogP contribution is -2.67. The average molecular weight is 486 g/mol. The second kappa shape index (κ2) is 9.66. The predicted molar refractivity (Wildman–Crippen MR) is 137 cm³/mol. The Morgan fingerprint density at radius 3 is 2.00 bits per heavy atom. The molecule has 0 saturated carbocycles. The smallest absolute Gasteiger partial charge is 0.0875 e. The summed E-state index contributed by atoms with van der Waals surface area (Å²) < 4.78 is 0. The van der Waals surface area contributed by atoms with Crippen molar-refractivity contribution in [2.45, 2.75) is 74.8 Å². The highest BCUT2D eigenvalue weighted by atomic mass is 79.9. The molecule has 0 radical (unpaired) electrons. The number of alkyl halides is 1. The summed E-state index contributed by atoms with van der Waals surface area (Å²) in [7, 11) is -3.04. The van der Waals surface area contributed by atoms with E-state index in [9.17, 15) is 0 Å². The molecule has 2 saturated heterocycles. The van der Waals surface area contributed by atoms with Crippen LogP contribution in [0.2, 0.25) is 29.3 Å². The van der Waals surface area contributed by atoms with Crippen molar-refractivity contribution in [1.29, 1.82) is 0 Å². The van der Waals surface area contributed by atoms with E-state index in [0.29, 0.717) is 0 Å². The van der Waals surface area contributed by atoms with Gasteiger partial charge in [-0.2, -0.15) is 0 Å². The van der Waals surface area contributed by atoms with Gasteiger partial charge in [-0.05, 0) is 11.1 Å². The van der Waals surface area contributed by atoms with Gasteiger partial charge in [-0.25, -0.2) is 0 Å². The van der Waals surface area contributed by atoms with Gasteiger partial charge in [-0.15, -0.1) is 0 Å². The van der Waals surface area contributed by atoms with Crippen LogP contribution in [0, 0.1) is 5.92 Å². The van der Waals surface area contributed by atoms with Gasteiger partial charge >= 0.3 is 0 Å². The largest absolute Gasteiger partial charge is 0.0925 e. The topological polar surface area (TPSA) is 0 Å². The quantitative estimate of drug-likeness (QED) is 0.305. The predicted octanol–water partition coefficient (Wildman–Crippen LogP) is 7.01. The fourth-order valence-electron chi connectivity index (χ4n) is 7.01. The molecular weight excluding hydrogens is 448 g/mol. The van der Waals surface area contributed by atoms with Crippen LogP contribution in [0.15, 0.2) is 60.7 Å². The summed E-state index contributed by atoms with van der Waals surface area (Å²) in [6, 6.07) is 30.0. The molecule has 2 unspecified atom stereocenters. The summed E-state index contributed by atoms with van der Waals surface area (Å²) in [4.78, 5) is 0. The Labute approximate surface area is 188 Å². The summed E-state index contributed by atoms with van der Waals surface area (Å²) in [5.41, 5.74) is 0. The molecule has 0 amide bonds. The van der Waals surface area contributed by atoms with Crippen molar-refractivity contribution in [3.8, 4) is 0 Å². The van der Waals surface area contributed by atoms with E-state index in [-0.39, 0.29) is 0 Å². The normalized spacial score (nSPS) is 32.8. The molecule has 156 valence electrons. The van der Waals surface area contributed by atoms with Crippen LogP contribution in [0.25, 0.3) is 0 Å². The van der Waals surface area contributed by atoms with Crippen molar-refractivity contribution in [3.05, 3.63) is 60.7 Å². The zero-order valence-electron chi connectivity index (χ0n) is 18.1. The maximum atomic E-state index is 3.81. The standard InChI is InChI=1S/C26H37BrSi2/c1-2-18-28(24-11-5-3-6-12-24)19-10-9-15-26(28)29(25-13-7-4-8-14-25)20-16-23(22-27)17-21-29/h3-8,11-14,23,26H,2,9-10,15-22H2,1H3. The van der Waals surface area contributed by atoms with Crippen LogP contribution in [0.4, 0.5) is 0 Å². The first-order valence-corrected chi connectivity index (χ1v) is 18.0. The molecule has 0 spiro atoms. The van der Waals surface area contributed by atoms with Crippen molar-refractivity contribution in [1.82, 2.24) is 0 Å². The average Bonchev–Trinajstić information content (AvgIpc) is 2.81. The third-order valence-electron chi connectivity index (χ3n) is 8.31. The number of hydrogen-bond acceptors (Lipinski definition) is 0. The van der Waals surface area contributed by atoms with E-state index in [4.69, 9.17) is 0 Å². The molecule has 2 atom stereocenters. The number of rotatable bonds is 6. The second-order valence-corrected chi connectivity index (χ2v) is 20.1. The zero-order valence-corrected chi connectivity index (χ0v) is 21.7. The molecule has 0 aliphatic carbocycles. The molecule has 2 aliphatic rings. The van der Waals surface area contributed by atoms with Gasteiger partial charge in [0.05, 0.1) is 16.1 Å². The van der Waals surface area contributed by atoms with Gasteiger partial charge in [-0.1, -0.05) is 157 Å². The van der Waals surface area contributed by atoms with E-state index in [2.05, 4.69) is 83.5 Å². The van der Waals surface area contributed by atoms with Crippen molar-refractivity contribution in [2.75, 3.05) is 5.33 Å². The molecule has 29 heavy (non-hydrogen) atoms. The summed E-state index contributed by atoms with van der Waals surface area (Å²) in [6.45, 7) is 2.45. The van der Waals surface area contributed by atoms with Crippen molar-refractivity contribution >= 4 is 42.5 Å². The van der Waals surface area contributed by atoms with E-state index in [1.807, 2.05) is 0 Å². The van der Waals surface area contributed by atoms with Crippen LogP contribution >= 0.6 is 15.9 Å². The maximum absolute atomic E-state index is 3.81. The van der Waals surface area contributed by atoms with Gasteiger partial charge in [-0.3, -0.25) is 0 Å². The molecule has 2 heterocycles. The highest BCUT2D eigenvalue weighted by Crippen LogP contribution is 2.51. The molecule has 2 fully saturated rings. The van der Waals surface area contributed by atoms with Gasteiger partial charge in [0.2, 0.25) is 0 Å².